The van der Waals surface area contributed by atoms with Crippen molar-refractivity contribution in [3.63, 3.8) is 0 Å². The molecular formula is C27H26BClN4O2. The summed E-state index contributed by atoms with van der Waals surface area (Å²) in [7, 11) is 6.13. The smallest absolute Gasteiger partial charge is 0.319 e. The molecule has 0 saturated heterocycles. The Balaban J connectivity index is 1.69. The monoisotopic (exact) mass is 484 g/mol. The van der Waals surface area contributed by atoms with Crippen LogP contribution in [0.5, 0.6) is 0 Å². The van der Waals surface area contributed by atoms with E-state index in [1.54, 1.807) is 30.3 Å². The molecule has 1 unspecified atom stereocenters. The third-order valence-corrected chi connectivity index (χ3v) is 5.69. The van der Waals surface area contributed by atoms with Crippen LogP contribution in [0.1, 0.15) is 37.5 Å². The van der Waals surface area contributed by atoms with Crippen molar-refractivity contribution < 1.29 is 9.59 Å². The summed E-state index contributed by atoms with van der Waals surface area (Å²) < 4.78 is 0. The number of rotatable bonds is 4. The highest BCUT2D eigenvalue weighted by Crippen LogP contribution is 2.28. The number of carbonyl (C=O) groups excluding carboxylic acids is 2. The zero-order chi connectivity index (χ0) is 25.2. The second kappa shape index (κ2) is 9.96. The largest absolute Gasteiger partial charge is 0.333 e. The summed E-state index contributed by atoms with van der Waals surface area (Å²) in [5.41, 5.74) is 4.53. The molecule has 4 rings (SSSR count). The average molecular weight is 485 g/mol. The first kappa shape index (κ1) is 24.5. The number of halogens is 1. The van der Waals surface area contributed by atoms with Crippen LogP contribution in [0.3, 0.4) is 0 Å². The first-order chi connectivity index (χ1) is 16.6. The maximum atomic E-state index is 13.1. The molecule has 0 bridgehead atoms. The number of aliphatic imine (C=N–C) groups is 1. The number of hydrogen-bond donors (Lipinski definition) is 3. The summed E-state index contributed by atoms with van der Waals surface area (Å²) in [4.78, 5) is 30.2. The highest BCUT2D eigenvalue weighted by atomic mass is 35.5. The molecule has 176 valence electrons. The minimum atomic E-state index is -0.684. The van der Waals surface area contributed by atoms with Crippen LogP contribution in [-0.2, 0) is 11.2 Å². The minimum Gasteiger partial charge on any atom is -0.333 e. The molecule has 6 nitrogen and oxygen atoms in total. The van der Waals surface area contributed by atoms with Gasteiger partial charge in [0.1, 0.15) is 13.9 Å². The van der Waals surface area contributed by atoms with E-state index in [1.165, 1.54) is 0 Å². The zero-order valence-electron chi connectivity index (χ0n) is 19.9. The number of amides is 3. The van der Waals surface area contributed by atoms with Gasteiger partial charge in [-0.25, -0.2) is 4.79 Å². The van der Waals surface area contributed by atoms with E-state index in [2.05, 4.69) is 16.0 Å². The molecule has 0 aliphatic carbocycles. The first-order valence-electron chi connectivity index (χ1n) is 11.3. The number of nitrogens with one attached hydrogen (secondary N) is 3. The molecule has 8 heteroatoms. The fourth-order valence-electron chi connectivity index (χ4n) is 3.83. The van der Waals surface area contributed by atoms with E-state index in [9.17, 15) is 9.59 Å². The molecule has 3 N–H and O–H groups in total. The first-order valence-corrected chi connectivity index (χ1v) is 11.7. The Morgan fingerprint density at radius 2 is 1.80 bits per heavy atom. The molecule has 1 aliphatic heterocycles. The number of benzodiazepines with no additional fused rings is 1. The summed E-state index contributed by atoms with van der Waals surface area (Å²) in [5, 5.41) is 9.22. The van der Waals surface area contributed by atoms with Crippen molar-refractivity contribution in [2.75, 3.05) is 10.6 Å². The molecule has 3 aromatic carbocycles. The van der Waals surface area contributed by atoms with Crippen molar-refractivity contribution >= 4 is 53.9 Å². The fourth-order valence-corrected chi connectivity index (χ4v) is 4.00. The van der Waals surface area contributed by atoms with Gasteiger partial charge in [-0.2, -0.15) is 0 Å². The number of hydrogen-bond acceptors (Lipinski definition) is 3. The van der Waals surface area contributed by atoms with Crippen molar-refractivity contribution in [2.45, 2.75) is 38.8 Å². The number of benzene rings is 3. The molecule has 0 saturated carbocycles. The van der Waals surface area contributed by atoms with Gasteiger partial charge < -0.3 is 16.0 Å². The van der Waals surface area contributed by atoms with Gasteiger partial charge in [0.25, 0.3) is 0 Å². The van der Waals surface area contributed by atoms with Crippen LogP contribution in [0.4, 0.5) is 16.2 Å². The highest BCUT2D eigenvalue weighted by Gasteiger charge is 2.26. The second-order valence-electron chi connectivity index (χ2n) is 9.48. The number of nitrogens with zero attached hydrogens (tertiary/aromatic N) is 1. The van der Waals surface area contributed by atoms with Crippen molar-refractivity contribution in [2.24, 2.45) is 4.99 Å². The summed E-state index contributed by atoms with van der Waals surface area (Å²) in [6.45, 7) is 5.74. The molecule has 2 radical (unpaired) electrons. The minimum absolute atomic E-state index is 0.219. The van der Waals surface area contributed by atoms with Crippen LogP contribution in [0.2, 0.25) is 5.02 Å². The lowest BCUT2D eigenvalue weighted by Crippen LogP contribution is -2.43. The van der Waals surface area contributed by atoms with Crippen LogP contribution in [0.15, 0.2) is 71.7 Å². The Bertz CT molecular complexity index is 1300. The summed E-state index contributed by atoms with van der Waals surface area (Å²) in [5.74, 6) is -0.219. The molecule has 0 fully saturated rings. The zero-order valence-corrected chi connectivity index (χ0v) is 20.6. The Morgan fingerprint density at radius 3 is 2.49 bits per heavy atom. The van der Waals surface area contributed by atoms with Gasteiger partial charge in [-0.05, 0) is 51.1 Å². The Labute approximate surface area is 211 Å². The van der Waals surface area contributed by atoms with Crippen molar-refractivity contribution in [3.8, 4) is 0 Å². The van der Waals surface area contributed by atoms with Gasteiger partial charge in [-0.15, -0.1) is 0 Å². The molecule has 1 heterocycles. The predicted molar refractivity (Wildman–Crippen MR) is 143 cm³/mol. The van der Waals surface area contributed by atoms with E-state index in [0.29, 0.717) is 34.0 Å². The number of fused-ring (bicyclic) bond motifs is 1. The third kappa shape index (κ3) is 6.11. The lowest BCUT2D eigenvalue weighted by atomic mass is 9.87. The fraction of sp³-hybridized carbons (Fsp3) is 0.222. The predicted octanol–water partition coefficient (Wildman–Crippen LogP) is 4.45. The summed E-state index contributed by atoms with van der Waals surface area (Å²) in [6.07, 6.45) is 0.357. The molecule has 0 aromatic heterocycles. The van der Waals surface area contributed by atoms with Gasteiger partial charge in [0.15, 0.2) is 0 Å². The Hall–Kier alpha value is -3.58. The molecule has 3 aromatic rings. The Morgan fingerprint density at radius 1 is 1.09 bits per heavy atom. The van der Waals surface area contributed by atoms with Crippen LogP contribution >= 0.6 is 11.6 Å². The molecule has 0 spiro atoms. The van der Waals surface area contributed by atoms with Crippen molar-refractivity contribution in [1.29, 1.82) is 0 Å². The van der Waals surface area contributed by atoms with Crippen LogP contribution in [0, 0.1) is 0 Å². The van der Waals surface area contributed by atoms with Crippen LogP contribution in [0.25, 0.3) is 0 Å². The summed E-state index contributed by atoms with van der Waals surface area (Å²) >= 11 is 6.30. The second-order valence-corrected chi connectivity index (χ2v) is 9.92. The van der Waals surface area contributed by atoms with E-state index in [4.69, 9.17) is 24.4 Å². The lowest BCUT2D eigenvalue weighted by Gasteiger charge is -2.20. The molecule has 1 atom stereocenters. The number of anilines is 2. The van der Waals surface area contributed by atoms with E-state index < -0.39 is 6.04 Å². The van der Waals surface area contributed by atoms with E-state index >= 15 is 0 Å². The molecule has 1 aliphatic rings. The number of carbonyl (C=O) groups is 2. The average Bonchev–Trinajstić information content (AvgIpc) is 2.91. The lowest BCUT2D eigenvalue weighted by molar-refractivity contribution is -0.117. The number of urea groups is 1. The third-order valence-electron chi connectivity index (χ3n) is 5.46. The van der Waals surface area contributed by atoms with Crippen LogP contribution in [-0.4, -0.2) is 37.1 Å². The molecule has 35 heavy (non-hydrogen) atoms. The standard InChI is InChI=1S/C27H26BClN4O2/c1-27(2,3)33-26(35)30-19-11-8-16(9-12-19)24-20-15-18(29)10-13-22(20)32-25(34)23(31-24)14-17-6-4-5-7-21(17)28/h4-13,15,23H,14H2,1-3H3,(H,32,34)(H2,30,33,35). The van der Waals surface area contributed by atoms with Crippen LogP contribution < -0.4 is 21.4 Å². The van der Waals surface area contributed by atoms with Gasteiger partial charge in [0, 0.05) is 33.8 Å². The maximum absolute atomic E-state index is 13.1. The maximum Gasteiger partial charge on any atom is 0.319 e. The van der Waals surface area contributed by atoms with E-state index in [0.717, 1.165) is 16.7 Å². The van der Waals surface area contributed by atoms with Gasteiger partial charge in [0.2, 0.25) is 5.91 Å². The van der Waals surface area contributed by atoms with E-state index in [1.807, 2.05) is 57.2 Å². The van der Waals surface area contributed by atoms with Gasteiger partial charge in [-0.3, -0.25) is 9.79 Å². The van der Waals surface area contributed by atoms with Crippen molar-refractivity contribution in [3.05, 3.63) is 88.4 Å². The normalized spacial score (nSPS) is 15.4. The molecule has 3 amide bonds. The quantitative estimate of drug-likeness (QED) is 0.478. The van der Waals surface area contributed by atoms with Gasteiger partial charge in [-0.1, -0.05) is 59.0 Å². The van der Waals surface area contributed by atoms with Gasteiger partial charge >= 0.3 is 6.03 Å². The van der Waals surface area contributed by atoms with Crippen molar-refractivity contribution in [1.82, 2.24) is 5.32 Å². The Kier molecular flexibility index (Phi) is 6.99. The molecular weight excluding hydrogens is 459 g/mol. The SMILES string of the molecule is [B]c1ccccc1CC1N=C(c2ccc(NC(=O)NC(C)(C)C)cc2)c2cc(Cl)ccc2NC1=O. The highest BCUT2D eigenvalue weighted by molar-refractivity contribution is 6.33. The van der Waals surface area contributed by atoms with Gasteiger partial charge in [0.05, 0.1) is 11.4 Å². The summed E-state index contributed by atoms with van der Waals surface area (Å²) in [6, 6.07) is 19.1. The van der Waals surface area contributed by atoms with E-state index in [-0.39, 0.29) is 17.5 Å². The topological polar surface area (TPSA) is 82.6 Å².